The van der Waals surface area contributed by atoms with Crippen LogP contribution < -0.4 is 0 Å². The van der Waals surface area contributed by atoms with Gasteiger partial charge in [0.25, 0.3) is 0 Å². The van der Waals surface area contributed by atoms with Crippen molar-refractivity contribution < 1.29 is 4.39 Å². The summed E-state index contributed by atoms with van der Waals surface area (Å²) in [7, 11) is -1.16. The average molecular weight is 416 g/mol. The monoisotopic (exact) mass is 415 g/mol. The highest BCUT2D eigenvalue weighted by atomic mass is 79.9. The third-order valence-electron chi connectivity index (χ3n) is 5.08. The number of hydrogen-bond acceptors (Lipinski definition) is 0. The third kappa shape index (κ3) is 2.84. The van der Waals surface area contributed by atoms with E-state index in [2.05, 4.69) is 87.6 Å². The molecule has 1 nitrogen and oxygen atoms in total. The van der Waals surface area contributed by atoms with E-state index < -0.39 is 10.2 Å². The molecule has 4 heteroatoms. The minimum atomic E-state index is -1.16. The van der Waals surface area contributed by atoms with Crippen LogP contribution in [-0.2, 0) is 0 Å². The Kier molecular flexibility index (Phi) is 5.81. The van der Waals surface area contributed by atoms with Crippen LogP contribution in [0.15, 0.2) is 22.8 Å². The van der Waals surface area contributed by atoms with Gasteiger partial charge in [-0.15, -0.1) is 0 Å². The zero-order valence-corrected chi connectivity index (χ0v) is 18.6. The van der Waals surface area contributed by atoms with E-state index >= 15 is 0 Å². The molecule has 0 saturated heterocycles. The van der Waals surface area contributed by atoms with Crippen molar-refractivity contribution in [3.05, 3.63) is 34.2 Å². The van der Waals surface area contributed by atoms with Gasteiger partial charge in [0.1, 0.15) is 5.82 Å². The van der Waals surface area contributed by atoms with E-state index in [9.17, 15) is 4.39 Å². The van der Waals surface area contributed by atoms with E-state index in [4.69, 9.17) is 0 Å². The van der Waals surface area contributed by atoms with Gasteiger partial charge in [0, 0.05) is 27.3 Å². The Morgan fingerprint density at radius 2 is 1.42 bits per heavy atom. The predicted octanol–water partition coefficient (Wildman–Crippen LogP) is 7.46. The number of nitrogens with zero attached hydrogens (tertiary/aromatic N) is 1. The molecule has 1 aromatic heterocycles. The molecule has 0 bridgehead atoms. The van der Waals surface area contributed by atoms with Gasteiger partial charge in [0.15, 0.2) is 0 Å². The quantitative estimate of drug-likeness (QED) is 0.477. The lowest BCUT2D eigenvalue weighted by molar-refractivity contribution is 0.631. The molecular weight excluding hydrogens is 385 g/mol. The molecule has 0 aliphatic carbocycles. The first kappa shape index (κ1) is 19.8. The molecule has 24 heavy (non-hydrogen) atoms. The molecule has 136 valence electrons. The van der Waals surface area contributed by atoms with Crippen LogP contribution in [0.25, 0.3) is 10.9 Å². The Hall–Kier alpha value is -0.480. The summed E-state index contributed by atoms with van der Waals surface area (Å²) in [6.07, 6.45) is 2.25. The highest BCUT2D eigenvalue weighted by Gasteiger charge is 2.38. The first-order chi connectivity index (χ1) is 11.1. The molecule has 0 aliphatic rings. The SMILES string of the molecule is CC(C)c1cn(S(C(C)C)(C(C)C)C(C)C)c2ccc(Br)c(F)c12. The van der Waals surface area contributed by atoms with Gasteiger partial charge in [0.2, 0.25) is 0 Å². The van der Waals surface area contributed by atoms with E-state index in [1.54, 1.807) is 0 Å². The summed E-state index contributed by atoms with van der Waals surface area (Å²) >= 11 is 3.37. The van der Waals surface area contributed by atoms with Crippen molar-refractivity contribution in [3.63, 3.8) is 0 Å². The first-order valence-corrected chi connectivity index (χ1v) is 11.4. The van der Waals surface area contributed by atoms with Crippen LogP contribution in [0.4, 0.5) is 4.39 Å². The van der Waals surface area contributed by atoms with Gasteiger partial charge < -0.3 is 3.97 Å². The van der Waals surface area contributed by atoms with E-state index in [0.29, 0.717) is 26.1 Å². The van der Waals surface area contributed by atoms with E-state index in [0.717, 1.165) is 16.5 Å². The van der Waals surface area contributed by atoms with Crippen LogP contribution in [0.1, 0.15) is 66.9 Å². The second kappa shape index (κ2) is 7.03. The van der Waals surface area contributed by atoms with Crippen molar-refractivity contribution in [1.29, 1.82) is 0 Å². The summed E-state index contributed by atoms with van der Waals surface area (Å²) in [4.78, 5) is 0. The van der Waals surface area contributed by atoms with Crippen LogP contribution in [0.3, 0.4) is 0 Å². The van der Waals surface area contributed by atoms with Crippen LogP contribution in [-0.4, -0.2) is 19.7 Å². The molecule has 0 N–H and O–H groups in total. The average Bonchev–Trinajstić information content (AvgIpc) is 2.83. The molecule has 1 heterocycles. The second-order valence-corrected chi connectivity index (χ2v) is 13.2. The molecule has 2 rings (SSSR count). The maximum absolute atomic E-state index is 15.0. The molecule has 1 aromatic carbocycles. The smallest absolute Gasteiger partial charge is 0.147 e. The van der Waals surface area contributed by atoms with Gasteiger partial charge in [-0.05, 0) is 39.5 Å². The fraction of sp³-hybridized carbons (Fsp3) is 0.600. The highest BCUT2D eigenvalue weighted by molar-refractivity contribution is 9.10. The molecule has 0 atom stereocenters. The fourth-order valence-corrected chi connectivity index (χ4v) is 10.0. The van der Waals surface area contributed by atoms with E-state index in [1.165, 1.54) is 0 Å². The molecule has 0 saturated carbocycles. The molecule has 0 amide bonds. The summed E-state index contributed by atoms with van der Waals surface area (Å²) in [5, 5.41) is 2.37. The minimum Gasteiger partial charge on any atom is -0.309 e. The third-order valence-corrected chi connectivity index (χ3v) is 11.2. The van der Waals surface area contributed by atoms with Crippen molar-refractivity contribution in [2.75, 3.05) is 0 Å². The summed E-state index contributed by atoms with van der Waals surface area (Å²) in [6.45, 7) is 18.2. The zero-order chi connectivity index (χ0) is 18.4. The van der Waals surface area contributed by atoms with Crippen LogP contribution in [0, 0.1) is 5.82 Å². The lowest BCUT2D eigenvalue weighted by Gasteiger charge is -2.52. The van der Waals surface area contributed by atoms with Crippen molar-refractivity contribution in [1.82, 2.24) is 3.97 Å². The Morgan fingerprint density at radius 3 is 1.83 bits per heavy atom. The van der Waals surface area contributed by atoms with Crippen molar-refractivity contribution in [3.8, 4) is 0 Å². The van der Waals surface area contributed by atoms with Crippen molar-refractivity contribution in [2.45, 2.75) is 77.1 Å². The van der Waals surface area contributed by atoms with Gasteiger partial charge in [-0.25, -0.2) is 4.39 Å². The molecule has 0 radical (unpaired) electrons. The summed E-state index contributed by atoms with van der Waals surface area (Å²) < 4.78 is 18.0. The minimum absolute atomic E-state index is 0.125. The van der Waals surface area contributed by atoms with Gasteiger partial charge in [-0.2, -0.15) is 10.2 Å². The van der Waals surface area contributed by atoms with Gasteiger partial charge in [0.05, 0.1) is 9.99 Å². The Morgan fingerprint density at radius 1 is 0.917 bits per heavy atom. The molecule has 0 unspecified atom stereocenters. The van der Waals surface area contributed by atoms with Crippen molar-refractivity contribution >= 4 is 37.0 Å². The van der Waals surface area contributed by atoms with Crippen LogP contribution in [0.2, 0.25) is 0 Å². The Balaban J connectivity index is 2.97. The molecular formula is C20H31BrFNS. The number of hydrogen-bond donors (Lipinski definition) is 0. The predicted molar refractivity (Wildman–Crippen MR) is 112 cm³/mol. The number of fused-ring (bicyclic) bond motifs is 1. The normalized spacial score (nSPS) is 13.9. The lowest BCUT2D eigenvalue weighted by Crippen LogP contribution is -2.33. The summed E-state index contributed by atoms with van der Waals surface area (Å²) in [6, 6.07) is 3.94. The topological polar surface area (TPSA) is 4.93 Å². The molecule has 0 spiro atoms. The molecule has 2 aromatic rings. The van der Waals surface area contributed by atoms with Crippen molar-refractivity contribution in [2.24, 2.45) is 0 Å². The van der Waals surface area contributed by atoms with E-state index in [-0.39, 0.29) is 5.82 Å². The number of aromatic nitrogens is 1. The van der Waals surface area contributed by atoms with Gasteiger partial charge in [-0.1, -0.05) is 55.4 Å². The highest BCUT2D eigenvalue weighted by Crippen LogP contribution is 2.63. The second-order valence-electron chi connectivity index (χ2n) is 7.69. The molecule has 0 fully saturated rings. The maximum Gasteiger partial charge on any atom is 0.147 e. The molecule has 0 aliphatic heterocycles. The first-order valence-electron chi connectivity index (χ1n) is 8.86. The largest absolute Gasteiger partial charge is 0.309 e. The Bertz CT molecular complexity index is 709. The standard InChI is InChI=1S/C20H31BrFNS/c1-12(2)16-11-23(18-10-9-17(21)20(22)19(16)18)24(13(3)4,14(5)6)15(7)8/h9-15H,1-8H3. The number of rotatable bonds is 5. The van der Waals surface area contributed by atoms with E-state index in [1.807, 2.05) is 6.07 Å². The lowest BCUT2D eigenvalue weighted by atomic mass is 10.0. The number of halogens is 2. The zero-order valence-electron chi connectivity index (χ0n) is 16.2. The summed E-state index contributed by atoms with van der Waals surface area (Å²) in [5.41, 5.74) is 2.16. The van der Waals surface area contributed by atoms with Crippen LogP contribution in [0.5, 0.6) is 0 Å². The fourth-order valence-electron chi connectivity index (χ4n) is 4.27. The summed E-state index contributed by atoms with van der Waals surface area (Å²) in [5.74, 6) is 0.167. The number of benzene rings is 1. The maximum atomic E-state index is 15.0. The van der Waals surface area contributed by atoms with Crippen LogP contribution >= 0.6 is 26.1 Å². The Labute approximate surface area is 156 Å². The van der Waals surface area contributed by atoms with Gasteiger partial charge >= 0.3 is 0 Å². The van der Waals surface area contributed by atoms with Gasteiger partial charge in [-0.3, -0.25) is 0 Å².